The molecule has 2 N–H and O–H groups in total. The number of hydrogen-bond donors (Lipinski definition) is 2. The summed E-state index contributed by atoms with van der Waals surface area (Å²) in [7, 11) is 0. The van der Waals surface area contributed by atoms with E-state index in [1.807, 2.05) is 0 Å². The summed E-state index contributed by atoms with van der Waals surface area (Å²) in [6.07, 6.45) is 1.77. The van der Waals surface area contributed by atoms with Gasteiger partial charge in [-0.05, 0) is 56.2 Å². The van der Waals surface area contributed by atoms with Crippen LogP contribution in [-0.4, -0.2) is 40.8 Å². The molecule has 6 nitrogen and oxygen atoms in total. The molecule has 1 aromatic carbocycles. The maximum absolute atomic E-state index is 13.1. The zero-order valence-corrected chi connectivity index (χ0v) is 16.1. The van der Waals surface area contributed by atoms with Gasteiger partial charge < -0.3 is 15.2 Å². The first-order valence-corrected chi connectivity index (χ1v) is 9.76. The molecule has 8 heteroatoms. The molecule has 1 spiro atoms. The lowest BCUT2D eigenvalue weighted by atomic mass is 9.93. The van der Waals surface area contributed by atoms with E-state index in [2.05, 4.69) is 10.3 Å². The Balaban J connectivity index is 1.45. The third-order valence-electron chi connectivity index (χ3n) is 6.20. The Morgan fingerprint density at radius 3 is 2.48 bits per heavy atom. The van der Waals surface area contributed by atoms with Crippen molar-refractivity contribution in [3.8, 4) is 6.07 Å². The zero-order valence-electron chi connectivity index (χ0n) is 16.1. The van der Waals surface area contributed by atoms with Gasteiger partial charge in [-0.25, -0.2) is 8.78 Å². The Kier molecular flexibility index (Phi) is 4.77. The maximum Gasteiger partial charge on any atom is 0.268 e. The zero-order chi connectivity index (χ0) is 20.8. The number of aromatic nitrogens is 1. The first-order chi connectivity index (χ1) is 13.8. The first-order valence-electron chi connectivity index (χ1n) is 9.76. The predicted octanol–water partition coefficient (Wildman–Crippen LogP) is 3.50. The minimum Gasteiger partial charge on any atom is -0.350 e. The summed E-state index contributed by atoms with van der Waals surface area (Å²) >= 11 is 0. The number of amides is 2. The van der Waals surface area contributed by atoms with E-state index in [9.17, 15) is 18.4 Å². The van der Waals surface area contributed by atoms with E-state index < -0.39 is 18.4 Å². The number of carbonyl (C=O) groups excluding carboxylic acids is 2. The van der Waals surface area contributed by atoms with Crippen LogP contribution in [0.3, 0.4) is 0 Å². The smallest absolute Gasteiger partial charge is 0.268 e. The highest BCUT2D eigenvalue weighted by Gasteiger charge is 2.45. The van der Waals surface area contributed by atoms with Crippen molar-refractivity contribution in [1.82, 2.24) is 15.2 Å². The molecule has 2 heterocycles. The monoisotopic (exact) mass is 400 g/mol. The van der Waals surface area contributed by atoms with Gasteiger partial charge in [-0.1, -0.05) is 0 Å². The third kappa shape index (κ3) is 3.69. The fourth-order valence-electron chi connectivity index (χ4n) is 4.09. The molecule has 1 saturated carbocycles. The topological polar surface area (TPSA) is 89.0 Å². The Bertz CT molecular complexity index is 1010. The van der Waals surface area contributed by atoms with E-state index in [-0.39, 0.29) is 22.7 Å². The van der Waals surface area contributed by atoms with Crippen molar-refractivity contribution < 1.29 is 18.4 Å². The molecule has 0 unspecified atom stereocenters. The van der Waals surface area contributed by atoms with Gasteiger partial charge in [0, 0.05) is 29.6 Å². The number of rotatable bonds is 4. The Morgan fingerprint density at radius 2 is 1.90 bits per heavy atom. The third-order valence-corrected chi connectivity index (χ3v) is 6.20. The van der Waals surface area contributed by atoms with Gasteiger partial charge in [0.25, 0.3) is 12.3 Å². The molecule has 1 aliphatic heterocycles. The number of piperidine rings is 1. The first kappa shape index (κ1) is 19.4. The molecule has 0 radical (unpaired) electrons. The number of likely N-dealkylation sites (tertiary alicyclic amines) is 1. The lowest BCUT2D eigenvalue weighted by molar-refractivity contribution is -0.134. The minimum absolute atomic E-state index is 0.114. The lowest BCUT2D eigenvalue weighted by Crippen LogP contribution is -2.49. The van der Waals surface area contributed by atoms with Crippen LogP contribution >= 0.6 is 0 Å². The van der Waals surface area contributed by atoms with Crippen molar-refractivity contribution >= 4 is 22.7 Å². The molecule has 1 aliphatic carbocycles. The van der Waals surface area contributed by atoms with Crippen LogP contribution in [0.15, 0.2) is 18.2 Å². The number of nitrogens with zero attached hydrogens (tertiary/aromatic N) is 2. The number of H-pyrrole nitrogens is 1. The van der Waals surface area contributed by atoms with Gasteiger partial charge in [0.1, 0.15) is 11.7 Å². The number of aromatic amines is 1. The maximum atomic E-state index is 13.1. The summed E-state index contributed by atoms with van der Waals surface area (Å²) in [5, 5.41) is 12.2. The molecule has 152 valence electrons. The lowest BCUT2D eigenvalue weighted by Gasteiger charge is -2.33. The van der Waals surface area contributed by atoms with E-state index in [1.165, 1.54) is 31.0 Å². The normalized spacial score (nSPS) is 18.7. The molecule has 29 heavy (non-hydrogen) atoms. The van der Waals surface area contributed by atoms with Gasteiger partial charge >= 0.3 is 0 Å². The largest absolute Gasteiger partial charge is 0.350 e. The number of nitriles is 1. The molecule has 2 fully saturated rings. The summed E-state index contributed by atoms with van der Waals surface area (Å²) in [6, 6.07) is 5.03. The predicted molar refractivity (Wildman–Crippen MR) is 102 cm³/mol. The number of halogens is 2. The van der Waals surface area contributed by atoms with Gasteiger partial charge in [-0.15, -0.1) is 0 Å². The van der Waals surface area contributed by atoms with Crippen LogP contribution in [0.2, 0.25) is 0 Å². The molecule has 2 aliphatic rings. The van der Waals surface area contributed by atoms with E-state index >= 15 is 0 Å². The molecule has 0 bridgehead atoms. The molecule has 2 aromatic rings. The van der Waals surface area contributed by atoms with E-state index in [1.54, 1.807) is 17.9 Å². The number of carbonyl (C=O) groups is 2. The highest BCUT2D eigenvalue weighted by molar-refractivity contribution is 6.00. The van der Waals surface area contributed by atoms with Gasteiger partial charge in [0.05, 0.1) is 11.6 Å². The standard InChI is InChI=1S/C21H22F2N4O2/c1-12(20(29)27-6-4-21(2-3-21)5-7-27)25-19(28)17-9-13-8-15(18(22)23)14(11-24)10-16(13)26-17/h8-10,12,18,26H,2-7H2,1H3,(H,25,28)/t12-/m1/s1. The quantitative estimate of drug-likeness (QED) is 0.823. The molecule has 1 saturated heterocycles. The number of fused-ring (bicyclic) bond motifs is 1. The molecule has 2 amide bonds. The van der Waals surface area contributed by atoms with Crippen LogP contribution < -0.4 is 5.32 Å². The summed E-state index contributed by atoms with van der Waals surface area (Å²) < 4.78 is 26.2. The SMILES string of the molecule is C[C@@H](NC(=O)c1cc2cc(C(F)F)c(C#N)cc2[nH]1)C(=O)N1CCC2(CC1)CC2. The molecular formula is C21H22F2N4O2. The molecule has 1 aromatic heterocycles. The number of benzene rings is 1. The number of hydrogen-bond acceptors (Lipinski definition) is 3. The average Bonchev–Trinajstić information content (AvgIpc) is 3.32. The number of alkyl halides is 2. The van der Waals surface area contributed by atoms with Crippen LogP contribution in [0.5, 0.6) is 0 Å². The minimum atomic E-state index is -2.78. The Labute approximate surface area is 166 Å². The molecular weight excluding hydrogens is 378 g/mol. The fraction of sp³-hybridized carbons (Fsp3) is 0.476. The van der Waals surface area contributed by atoms with Crippen LogP contribution in [0.25, 0.3) is 10.9 Å². The summed E-state index contributed by atoms with van der Waals surface area (Å²) in [5.74, 6) is -0.605. The summed E-state index contributed by atoms with van der Waals surface area (Å²) in [5.41, 5.74) is 0.537. The van der Waals surface area contributed by atoms with E-state index in [0.717, 1.165) is 25.9 Å². The van der Waals surface area contributed by atoms with Gasteiger partial charge in [-0.3, -0.25) is 9.59 Å². The summed E-state index contributed by atoms with van der Waals surface area (Å²) in [6.45, 7) is 3.09. The molecule has 4 rings (SSSR count). The van der Waals surface area contributed by atoms with Crippen molar-refractivity contribution in [2.24, 2.45) is 5.41 Å². The van der Waals surface area contributed by atoms with Crippen molar-refractivity contribution in [1.29, 1.82) is 5.26 Å². The van der Waals surface area contributed by atoms with E-state index in [4.69, 9.17) is 5.26 Å². The van der Waals surface area contributed by atoms with Crippen molar-refractivity contribution in [3.05, 3.63) is 35.0 Å². The van der Waals surface area contributed by atoms with Crippen LogP contribution in [-0.2, 0) is 4.79 Å². The average molecular weight is 400 g/mol. The molecule has 1 atom stereocenters. The van der Waals surface area contributed by atoms with Crippen molar-refractivity contribution in [3.63, 3.8) is 0 Å². The highest BCUT2D eigenvalue weighted by Crippen LogP contribution is 2.53. The second kappa shape index (κ2) is 7.14. The van der Waals surface area contributed by atoms with Gasteiger partial charge in [0.15, 0.2) is 0 Å². The van der Waals surface area contributed by atoms with Crippen molar-refractivity contribution in [2.45, 2.75) is 45.1 Å². The van der Waals surface area contributed by atoms with Crippen LogP contribution in [0.4, 0.5) is 8.78 Å². The second-order valence-corrected chi connectivity index (χ2v) is 8.14. The Morgan fingerprint density at radius 1 is 1.21 bits per heavy atom. The van der Waals surface area contributed by atoms with Crippen LogP contribution in [0.1, 0.15) is 60.6 Å². The summed E-state index contributed by atoms with van der Waals surface area (Å²) in [4.78, 5) is 29.9. The second-order valence-electron chi connectivity index (χ2n) is 8.14. The number of nitrogens with one attached hydrogen (secondary N) is 2. The highest BCUT2D eigenvalue weighted by atomic mass is 19.3. The van der Waals surface area contributed by atoms with Crippen molar-refractivity contribution in [2.75, 3.05) is 13.1 Å². The Hall–Kier alpha value is -2.95. The van der Waals surface area contributed by atoms with Crippen LogP contribution in [0, 0.1) is 16.7 Å². The fourth-order valence-corrected chi connectivity index (χ4v) is 4.09. The van der Waals surface area contributed by atoms with Gasteiger partial charge in [-0.2, -0.15) is 5.26 Å². The van der Waals surface area contributed by atoms with E-state index in [0.29, 0.717) is 16.3 Å². The van der Waals surface area contributed by atoms with Gasteiger partial charge in [0.2, 0.25) is 5.91 Å².